The summed E-state index contributed by atoms with van der Waals surface area (Å²) in [6.07, 6.45) is 3.27. The lowest BCUT2D eigenvalue weighted by molar-refractivity contribution is 0.0909. The van der Waals surface area contributed by atoms with Gasteiger partial charge in [0.25, 0.3) is 0 Å². The summed E-state index contributed by atoms with van der Waals surface area (Å²) in [6.45, 7) is 3.10. The van der Waals surface area contributed by atoms with Gasteiger partial charge in [-0.3, -0.25) is 4.79 Å². The number of rotatable bonds is 2. The first-order valence-electron chi connectivity index (χ1n) is 6.39. The monoisotopic (exact) mass is 283 g/mol. The quantitative estimate of drug-likeness (QED) is 0.829. The van der Waals surface area contributed by atoms with Gasteiger partial charge < -0.3 is 4.90 Å². The summed E-state index contributed by atoms with van der Waals surface area (Å²) in [4.78, 5) is 14.7. The Bertz CT molecular complexity index is 495. The summed E-state index contributed by atoms with van der Waals surface area (Å²) in [5.41, 5.74) is 1.71. The molecule has 0 bridgehead atoms. The Balaban J connectivity index is 1.82. The predicted octanol–water partition coefficient (Wildman–Crippen LogP) is 3.44. The van der Waals surface area contributed by atoms with E-state index in [0.29, 0.717) is 10.0 Å². The normalized spacial score (nSPS) is 23.7. The van der Waals surface area contributed by atoms with Gasteiger partial charge in [0, 0.05) is 28.1 Å². The van der Waals surface area contributed by atoms with Crippen LogP contribution >= 0.6 is 23.2 Å². The largest absolute Gasteiger partial charge is 0.303 e. The molecule has 0 amide bonds. The standard InChI is InChI=1S/C14H15Cl2NO/c15-10-6-12-11(13(16)7-10)5-9(14(12)18)8-17-3-1-2-4-17/h6-7,9H,1-5,8H2. The van der Waals surface area contributed by atoms with E-state index >= 15 is 0 Å². The first-order chi connectivity index (χ1) is 8.65. The summed E-state index contributed by atoms with van der Waals surface area (Å²) in [5.74, 6) is 0.273. The van der Waals surface area contributed by atoms with Gasteiger partial charge in [0.2, 0.25) is 0 Å². The number of ketones is 1. The van der Waals surface area contributed by atoms with Gasteiger partial charge in [-0.15, -0.1) is 0 Å². The van der Waals surface area contributed by atoms with Crippen molar-refractivity contribution in [1.82, 2.24) is 4.90 Å². The number of fused-ring (bicyclic) bond motifs is 1. The van der Waals surface area contributed by atoms with E-state index in [2.05, 4.69) is 4.90 Å². The molecule has 1 aromatic rings. The summed E-state index contributed by atoms with van der Waals surface area (Å²) >= 11 is 12.1. The number of halogens is 2. The topological polar surface area (TPSA) is 20.3 Å². The van der Waals surface area contributed by atoms with Crippen LogP contribution in [0, 0.1) is 5.92 Å². The zero-order valence-electron chi connectivity index (χ0n) is 10.1. The lowest BCUT2D eigenvalue weighted by Crippen LogP contribution is -2.29. The number of Topliss-reactive ketones (excluding diaryl/α,β-unsaturated/α-hetero) is 1. The SMILES string of the molecule is O=C1c2cc(Cl)cc(Cl)c2CC1CN1CCCC1. The van der Waals surface area contributed by atoms with Gasteiger partial charge in [0.1, 0.15) is 0 Å². The fraction of sp³-hybridized carbons (Fsp3) is 0.500. The number of likely N-dealkylation sites (tertiary alicyclic amines) is 1. The van der Waals surface area contributed by atoms with Crippen molar-refractivity contribution in [3.05, 3.63) is 33.3 Å². The maximum atomic E-state index is 12.3. The lowest BCUT2D eigenvalue weighted by Gasteiger charge is -2.18. The summed E-state index contributed by atoms with van der Waals surface area (Å²) in [7, 11) is 0. The molecule has 0 saturated carbocycles. The number of carbonyl (C=O) groups excluding carboxylic acids is 1. The van der Waals surface area contributed by atoms with Crippen LogP contribution in [0.1, 0.15) is 28.8 Å². The first-order valence-corrected chi connectivity index (χ1v) is 7.15. The minimum Gasteiger partial charge on any atom is -0.303 e. The molecule has 0 N–H and O–H groups in total. The van der Waals surface area contributed by atoms with E-state index in [1.54, 1.807) is 12.1 Å². The molecule has 0 spiro atoms. The van der Waals surface area contributed by atoms with Crippen molar-refractivity contribution in [2.24, 2.45) is 5.92 Å². The van der Waals surface area contributed by atoms with Crippen LogP contribution < -0.4 is 0 Å². The van der Waals surface area contributed by atoms with Crippen LogP contribution in [0.2, 0.25) is 10.0 Å². The smallest absolute Gasteiger partial charge is 0.167 e. The summed E-state index contributed by atoms with van der Waals surface area (Å²) in [5, 5.41) is 1.18. The van der Waals surface area contributed by atoms with Gasteiger partial charge in [-0.05, 0) is 50.0 Å². The van der Waals surface area contributed by atoms with E-state index in [-0.39, 0.29) is 11.7 Å². The number of hydrogen-bond acceptors (Lipinski definition) is 2. The highest BCUT2D eigenvalue weighted by Crippen LogP contribution is 2.35. The van der Waals surface area contributed by atoms with Gasteiger partial charge in [-0.25, -0.2) is 0 Å². The molecule has 2 aliphatic rings. The minimum absolute atomic E-state index is 0.0640. The Morgan fingerprint density at radius 2 is 1.94 bits per heavy atom. The van der Waals surface area contributed by atoms with Gasteiger partial charge in [0.05, 0.1) is 0 Å². The molecule has 1 atom stereocenters. The van der Waals surface area contributed by atoms with Crippen LogP contribution in [0.25, 0.3) is 0 Å². The van der Waals surface area contributed by atoms with Gasteiger partial charge in [0.15, 0.2) is 5.78 Å². The van der Waals surface area contributed by atoms with E-state index in [0.717, 1.165) is 37.2 Å². The molecular formula is C14H15Cl2NO. The van der Waals surface area contributed by atoms with Gasteiger partial charge >= 0.3 is 0 Å². The third kappa shape index (κ3) is 2.18. The fourth-order valence-electron chi connectivity index (χ4n) is 3.01. The van der Waals surface area contributed by atoms with Crippen LogP contribution in [0.5, 0.6) is 0 Å². The van der Waals surface area contributed by atoms with Crippen LogP contribution in [-0.2, 0) is 6.42 Å². The van der Waals surface area contributed by atoms with Crippen molar-refractivity contribution in [3.8, 4) is 0 Å². The van der Waals surface area contributed by atoms with Crippen LogP contribution in [0.4, 0.5) is 0 Å². The van der Waals surface area contributed by atoms with Crippen molar-refractivity contribution < 1.29 is 4.79 Å². The molecule has 1 heterocycles. The molecule has 4 heteroatoms. The van der Waals surface area contributed by atoms with Gasteiger partial charge in [-0.2, -0.15) is 0 Å². The second-order valence-corrected chi connectivity index (χ2v) is 6.03. The zero-order chi connectivity index (χ0) is 12.7. The predicted molar refractivity (Wildman–Crippen MR) is 73.7 cm³/mol. The molecule has 0 radical (unpaired) electrons. The van der Waals surface area contributed by atoms with Crippen LogP contribution in [0.15, 0.2) is 12.1 Å². The molecule has 3 rings (SSSR count). The maximum Gasteiger partial charge on any atom is 0.167 e. The molecule has 1 aliphatic heterocycles. The van der Waals surface area contributed by atoms with Crippen molar-refractivity contribution in [2.45, 2.75) is 19.3 Å². The van der Waals surface area contributed by atoms with Crippen molar-refractivity contribution in [1.29, 1.82) is 0 Å². The fourth-order valence-corrected chi connectivity index (χ4v) is 3.58. The van der Waals surface area contributed by atoms with Crippen LogP contribution in [0.3, 0.4) is 0 Å². The van der Waals surface area contributed by atoms with E-state index in [1.807, 2.05) is 0 Å². The van der Waals surface area contributed by atoms with E-state index < -0.39 is 0 Å². The first kappa shape index (κ1) is 12.5. The Morgan fingerprint density at radius 1 is 1.22 bits per heavy atom. The number of benzene rings is 1. The zero-order valence-corrected chi connectivity index (χ0v) is 11.6. The van der Waals surface area contributed by atoms with Crippen molar-refractivity contribution in [3.63, 3.8) is 0 Å². The average molecular weight is 284 g/mol. The molecule has 1 aromatic carbocycles. The minimum atomic E-state index is 0.0640. The van der Waals surface area contributed by atoms with E-state index in [4.69, 9.17) is 23.2 Å². The number of nitrogens with zero attached hydrogens (tertiary/aromatic N) is 1. The maximum absolute atomic E-state index is 12.3. The third-order valence-corrected chi connectivity index (χ3v) is 4.48. The summed E-state index contributed by atoms with van der Waals surface area (Å²) in [6, 6.07) is 3.49. The summed E-state index contributed by atoms with van der Waals surface area (Å²) < 4.78 is 0. The molecular weight excluding hydrogens is 269 g/mol. The second kappa shape index (κ2) is 4.84. The highest BCUT2D eigenvalue weighted by molar-refractivity contribution is 6.36. The average Bonchev–Trinajstić information content (AvgIpc) is 2.91. The third-order valence-electron chi connectivity index (χ3n) is 3.92. The van der Waals surface area contributed by atoms with Crippen molar-refractivity contribution in [2.75, 3.05) is 19.6 Å². The van der Waals surface area contributed by atoms with E-state index in [1.165, 1.54) is 12.8 Å². The highest BCUT2D eigenvalue weighted by Gasteiger charge is 2.33. The molecule has 0 aromatic heterocycles. The highest BCUT2D eigenvalue weighted by atomic mass is 35.5. The van der Waals surface area contributed by atoms with Crippen molar-refractivity contribution >= 4 is 29.0 Å². The molecule has 1 unspecified atom stereocenters. The molecule has 1 aliphatic carbocycles. The van der Waals surface area contributed by atoms with Gasteiger partial charge in [-0.1, -0.05) is 23.2 Å². The molecule has 96 valence electrons. The molecule has 18 heavy (non-hydrogen) atoms. The van der Waals surface area contributed by atoms with Crippen LogP contribution in [-0.4, -0.2) is 30.3 Å². The number of hydrogen-bond donors (Lipinski definition) is 0. The molecule has 1 saturated heterocycles. The molecule has 1 fully saturated rings. The lowest BCUT2D eigenvalue weighted by atomic mass is 10.0. The number of carbonyl (C=O) groups is 1. The Hall–Kier alpha value is -0.570. The van der Waals surface area contributed by atoms with E-state index in [9.17, 15) is 4.79 Å². The Kier molecular flexibility index (Phi) is 3.35. The second-order valence-electron chi connectivity index (χ2n) is 5.19. The Labute approximate surface area is 117 Å². The Morgan fingerprint density at radius 3 is 2.67 bits per heavy atom. The molecule has 2 nitrogen and oxygen atoms in total.